The molecule has 1 N–H and O–H groups in total. The van der Waals surface area contributed by atoms with Gasteiger partial charge in [-0.25, -0.2) is 14.1 Å². The molecule has 0 aliphatic carbocycles. The lowest BCUT2D eigenvalue weighted by atomic mass is 10.2. The highest BCUT2D eigenvalue weighted by Crippen LogP contribution is 2.21. The minimum Gasteiger partial charge on any atom is -0.317 e. The summed E-state index contributed by atoms with van der Waals surface area (Å²) in [7, 11) is 0. The van der Waals surface area contributed by atoms with Gasteiger partial charge < -0.3 is 5.43 Å². The average Bonchev–Trinajstić information content (AvgIpc) is 2.69. The Balaban J connectivity index is 1.85. The molecule has 27 heavy (non-hydrogen) atoms. The van der Waals surface area contributed by atoms with E-state index in [2.05, 4.69) is 26.3 Å². The highest BCUT2D eigenvalue weighted by atomic mass is 79.9. The van der Waals surface area contributed by atoms with Crippen LogP contribution in [0.5, 0.6) is 0 Å². The van der Waals surface area contributed by atoms with Crippen molar-refractivity contribution in [3.05, 3.63) is 99.0 Å². The maximum atomic E-state index is 14.0. The first-order valence-electron chi connectivity index (χ1n) is 8.38. The van der Waals surface area contributed by atoms with E-state index in [4.69, 9.17) is 0 Å². The van der Waals surface area contributed by atoms with Crippen molar-refractivity contribution in [1.82, 2.24) is 9.66 Å². The molecule has 134 valence electrons. The number of aromatic nitrogens is 2. The molecular weight excluding hydrogens is 409 g/mol. The fraction of sp³-hybridized carbons (Fsp3) is 0.0476. The Kier molecular flexibility index (Phi) is 4.73. The molecule has 0 unspecified atom stereocenters. The van der Waals surface area contributed by atoms with Gasteiger partial charge >= 0.3 is 0 Å². The third-order valence-electron chi connectivity index (χ3n) is 4.26. The van der Waals surface area contributed by atoms with Crippen LogP contribution in [0.25, 0.3) is 22.3 Å². The van der Waals surface area contributed by atoms with Crippen molar-refractivity contribution < 1.29 is 4.39 Å². The second kappa shape index (κ2) is 7.32. The maximum absolute atomic E-state index is 14.0. The monoisotopic (exact) mass is 423 g/mol. The second-order valence-corrected chi connectivity index (χ2v) is 6.94. The van der Waals surface area contributed by atoms with Gasteiger partial charge in [-0.3, -0.25) is 4.79 Å². The van der Waals surface area contributed by atoms with E-state index in [-0.39, 0.29) is 17.9 Å². The van der Waals surface area contributed by atoms with Gasteiger partial charge in [0.15, 0.2) is 5.82 Å². The molecule has 0 spiro atoms. The molecular formula is C21H15BrFN3O. The van der Waals surface area contributed by atoms with Crippen LogP contribution >= 0.6 is 15.9 Å². The van der Waals surface area contributed by atoms with E-state index in [0.29, 0.717) is 22.3 Å². The van der Waals surface area contributed by atoms with Gasteiger partial charge in [0.2, 0.25) is 0 Å². The standard InChI is InChI=1S/C21H15BrFN3O/c22-16-11-9-14(10-12-16)20-25-19-8-4-2-6-17(19)21(27)26(20)24-13-15-5-1-3-7-18(15)23/h1-12,24H,13H2. The van der Waals surface area contributed by atoms with Crippen LogP contribution < -0.4 is 11.0 Å². The van der Waals surface area contributed by atoms with Gasteiger partial charge in [-0.15, -0.1) is 0 Å². The van der Waals surface area contributed by atoms with Gasteiger partial charge in [0.25, 0.3) is 5.56 Å². The molecule has 4 rings (SSSR count). The summed E-state index contributed by atoms with van der Waals surface area (Å²) in [6.07, 6.45) is 0. The zero-order valence-electron chi connectivity index (χ0n) is 14.2. The summed E-state index contributed by atoms with van der Waals surface area (Å²) in [5, 5.41) is 0.499. The molecule has 1 heterocycles. The summed E-state index contributed by atoms with van der Waals surface area (Å²) in [6.45, 7) is 0.163. The van der Waals surface area contributed by atoms with Crippen molar-refractivity contribution in [2.24, 2.45) is 0 Å². The second-order valence-electron chi connectivity index (χ2n) is 6.03. The molecule has 3 aromatic carbocycles. The molecule has 4 aromatic rings. The number of para-hydroxylation sites is 1. The summed E-state index contributed by atoms with van der Waals surface area (Å²) in [6, 6.07) is 21.2. The number of nitrogens with one attached hydrogen (secondary N) is 1. The smallest absolute Gasteiger partial charge is 0.280 e. The number of hydrogen-bond acceptors (Lipinski definition) is 3. The molecule has 0 fully saturated rings. The van der Waals surface area contributed by atoms with Gasteiger partial charge in [0, 0.05) is 15.6 Å². The zero-order chi connectivity index (χ0) is 18.8. The van der Waals surface area contributed by atoms with Crippen LogP contribution in [0.1, 0.15) is 5.56 Å². The number of hydrogen-bond donors (Lipinski definition) is 1. The summed E-state index contributed by atoms with van der Waals surface area (Å²) >= 11 is 3.41. The van der Waals surface area contributed by atoms with Crippen molar-refractivity contribution in [3.8, 4) is 11.4 Å². The van der Waals surface area contributed by atoms with Crippen LogP contribution in [0.4, 0.5) is 4.39 Å². The Hall–Kier alpha value is -2.99. The van der Waals surface area contributed by atoms with Gasteiger partial charge in [0.1, 0.15) is 5.82 Å². The lowest BCUT2D eigenvalue weighted by Crippen LogP contribution is -2.31. The fourth-order valence-electron chi connectivity index (χ4n) is 2.88. The zero-order valence-corrected chi connectivity index (χ0v) is 15.8. The number of benzene rings is 3. The average molecular weight is 424 g/mol. The van der Waals surface area contributed by atoms with Crippen LogP contribution in [0.3, 0.4) is 0 Å². The molecule has 6 heteroatoms. The van der Waals surface area contributed by atoms with Crippen molar-refractivity contribution in [3.63, 3.8) is 0 Å². The summed E-state index contributed by atoms with van der Waals surface area (Å²) in [4.78, 5) is 17.7. The fourth-order valence-corrected chi connectivity index (χ4v) is 3.14. The summed E-state index contributed by atoms with van der Waals surface area (Å²) in [5.74, 6) is 0.152. The van der Waals surface area contributed by atoms with E-state index < -0.39 is 0 Å². The van der Waals surface area contributed by atoms with Crippen molar-refractivity contribution >= 4 is 26.8 Å². The minimum atomic E-state index is -0.322. The molecule has 0 saturated heterocycles. The van der Waals surface area contributed by atoms with E-state index in [0.717, 1.165) is 10.0 Å². The van der Waals surface area contributed by atoms with E-state index in [9.17, 15) is 9.18 Å². The molecule has 0 atom stereocenters. The molecule has 0 aliphatic heterocycles. The van der Waals surface area contributed by atoms with Crippen LogP contribution in [-0.4, -0.2) is 9.66 Å². The Labute approximate surface area is 163 Å². The molecule has 0 saturated carbocycles. The number of nitrogens with zero attached hydrogens (tertiary/aromatic N) is 2. The summed E-state index contributed by atoms with van der Waals surface area (Å²) < 4.78 is 16.3. The van der Waals surface area contributed by atoms with Crippen LogP contribution in [0, 0.1) is 5.82 Å². The number of rotatable bonds is 4. The Bertz CT molecular complexity index is 1170. The largest absolute Gasteiger partial charge is 0.317 e. The minimum absolute atomic E-state index is 0.163. The van der Waals surface area contributed by atoms with Crippen molar-refractivity contribution in [2.45, 2.75) is 6.54 Å². The van der Waals surface area contributed by atoms with Crippen LogP contribution in [-0.2, 0) is 6.54 Å². The maximum Gasteiger partial charge on any atom is 0.280 e. The topological polar surface area (TPSA) is 46.9 Å². The van der Waals surface area contributed by atoms with E-state index >= 15 is 0 Å². The lowest BCUT2D eigenvalue weighted by Gasteiger charge is -2.16. The van der Waals surface area contributed by atoms with Crippen molar-refractivity contribution in [2.75, 3.05) is 5.43 Å². The third-order valence-corrected chi connectivity index (χ3v) is 4.79. The van der Waals surface area contributed by atoms with Gasteiger partial charge in [-0.05, 0) is 30.3 Å². The number of fused-ring (bicyclic) bond motifs is 1. The predicted octanol–water partition coefficient (Wildman–Crippen LogP) is 4.71. The SMILES string of the molecule is O=c1c2ccccc2nc(-c2ccc(Br)cc2)n1NCc1ccccc1F. The Morgan fingerprint density at radius 1 is 0.963 bits per heavy atom. The van der Waals surface area contributed by atoms with Crippen LogP contribution in [0.15, 0.2) is 82.1 Å². The molecule has 0 aliphatic rings. The molecule has 4 nitrogen and oxygen atoms in total. The van der Waals surface area contributed by atoms with E-state index in [1.54, 1.807) is 36.4 Å². The van der Waals surface area contributed by atoms with Gasteiger partial charge in [-0.2, -0.15) is 0 Å². The first kappa shape index (κ1) is 17.4. The van der Waals surface area contributed by atoms with Crippen molar-refractivity contribution in [1.29, 1.82) is 0 Å². The Morgan fingerprint density at radius 3 is 2.44 bits per heavy atom. The quantitative estimate of drug-likeness (QED) is 0.516. The highest BCUT2D eigenvalue weighted by Gasteiger charge is 2.13. The molecule has 1 aromatic heterocycles. The number of halogens is 2. The first-order chi connectivity index (χ1) is 13.1. The Morgan fingerprint density at radius 2 is 1.67 bits per heavy atom. The molecule has 0 radical (unpaired) electrons. The molecule has 0 amide bonds. The predicted molar refractivity (Wildman–Crippen MR) is 109 cm³/mol. The normalized spacial score (nSPS) is 10.9. The van der Waals surface area contributed by atoms with Gasteiger partial charge in [-0.1, -0.05) is 58.4 Å². The van der Waals surface area contributed by atoms with E-state index in [1.807, 2.05) is 30.3 Å². The van der Waals surface area contributed by atoms with Gasteiger partial charge in [0.05, 0.1) is 17.4 Å². The highest BCUT2D eigenvalue weighted by molar-refractivity contribution is 9.10. The molecule has 0 bridgehead atoms. The summed E-state index contributed by atoms with van der Waals surface area (Å²) in [5.41, 5.74) is 4.67. The third kappa shape index (κ3) is 3.48. The van der Waals surface area contributed by atoms with E-state index in [1.165, 1.54) is 10.7 Å². The first-order valence-corrected chi connectivity index (χ1v) is 9.18. The lowest BCUT2D eigenvalue weighted by molar-refractivity contribution is 0.608. The van der Waals surface area contributed by atoms with Crippen LogP contribution in [0.2, 0.25) is 0 Å².